The van der Waals surface area contributed by atoms with Crippen molar-refractivity contribution in [3.63, 3.8) is 0 Å². The van der Waals surface area contributed by atoms with Crippen molar-refractivity contribution >= 4 is 44.0 Å². The summed E-state index contributed by atoms with van der Waals surface area (Å²) in [6, 6.07) is 4.58. The molecule has 0 N–H and O–H groups in total. The number of sulfonamides is 1. The van der Waals surface area contributed by atoms with Crippen LogP contribution in [0.25, 0.3) is 0 Å². The van der Waals surface area contributed by atoms with Gasteiger partial charge in [0, 0.05) is 29.7 Å². The third-order valence-corrected chi connectivity index (χ3v) is 6.66. The average Bonchev–Trinajstić information content (AvgIpc) is 3.03. The first kappa shape index (κ1) is 16.4. The van der Waals surface area contributed by atoms with Crippen LogP contribution in [0.3, 0.4) is 0 Å². The van der Waals surface area contributed by atoms with Gasteiger partial charge in [0.25, 0.3) is 0 Å². The molecule has 9 heteroatoms. The summed E-state index contributed by atoms with van der Waals surface area (Å²) in [4.78, 5) is 18.0. The minimum atomic E-state index is -3.74. The molecule has 3 rings (SSSR count). The summed E-state index contributed by atoms with van der Waals surface area (Å²) >= 11 is 7.36. The lowest BCUT2D eigenvalue weighted by atomic mass is 10.2. The van der Waals surface area contributed by atoms with Gasteiger partial charge in [0.15, 0.2) is 5.13 Å². The molecule has 0 unspecified atom stereocenters. The molecule has 1 saturated heterocycles. The van der Waals surface area contributed by atoms with Crippen molar-refractivity contribution in [2.75, 3.05) is 24.5 Å². The maximum Gasteiger partial charge on any atom is 0.244 e. The second kappa shape index (κ2) is 6.20. The average molecular weight is 372 g/mol. The SMILES string of the molecule is Cc1ccc(S(=O)(=O)N2CCN(c3nccs3)C(=O)C2)cc1Cl. The molecule has 1 fully saturated rings. The van der Waals surface area contributed by atoms with Crippen molar-refractivity contribution in [3.8, 4) is 0 Å². The van der Waals surface area contributed by atoms with Crippen LogP contribution >= 0.6 is 22.9 Å². The number of halogens is 1. The second-order valence-electron chi connectivity index (χ2n) is 5.11. The van der Waals surface area contributed by atoms with Crippen molar-refractivity contribution in [2.24, 2.45) is 0 Å². The Hall–Kier alpha value is -1.48. The molecule has 0 spiro atoms. The fourth-order valence-corrected chi connectivity index (χ4v) is 4.63. The maximum atomic E-state index is 12.7. The Balaban J connectivity index is 1.82. The van der Waals surface area contributed by atoms with E-state index < -0.39 is 10.0 Å². The van der Waals surface area contributed by atoms with E-state index in [2.05, 4.69) is 4.98 Å². The van der Waals surface area contributed by atoms with E-state index in [1.807, 2.05) is 0 Å². The lowest BCUT2D eigenvalue weighted by molar-refractivity contribution is -0.119. The van der Waals surface area contributed by atoms with E-state index in [4.69, 9.17) is 11.6 Å². The van der Waals surface area contributed by atoms with Crippen LogP contribution in [0.15, 0.2) is 34.7 Å². The van der Waals surface area contributed by atoms with Crippen LogP contribution < -0.4 is 4.90 Å². The Bertz CT molecular complexity index is 837. The fraction of sp³-hybridized carbons (Fsp3) is 0.286. The molecule has 2 aromatic rings. The molecule has 23 heavy (non-hydrogen) atoms. The molecule has 1 aromatic carbocycles. The molecule has 0 radical (unpaired) electrons. The maximum absolute atomic E-state index is 12.7. The Morgan fingerprint density at radius 3 is 2.70 bits per heavy atom. The Morgan fingerprint density at radius 2 is 2.09 bits per heavy atom. The number of thiazole rings is 1. The van der Waals surface area contributed by atoms with Crippen LogP contribution in [0.2, 0.25) is 5.02 Å². The van der Waals surface area contributed by atoms with Gasteiger partial charge in [0.2, 0.25) is 15.9 Å². The predicted octanol–water partition coefficient (Wildman–Crippen LogP) is 2.14. The molecule has 122 valence electrons. The van der Waals surface area contributed by atoms with Gasteiger partial charge in [-0.05, 0) is 24.6 Å². The number of benzene rings is 1. The number of carbonyl (C=O) groups is 1. The molecule has 0 aliphatic carbocycles. The van der Waals surface area contributed by atoms with Crippen molar-refractivity contribution in [1.82, 2.24) is 9.29 Å². The highest BCUT2D eigenvalue weighted by molar-refractivity contribution is 7.89. The van der Waals surface area contributed by atoms with Gasteiger partial charge in [-0.25, -0.2) is 13.4 Å². The van der Waals surface area contributed by atoms with E-state index in [0.29, 0.717) is 10.2 Å². The van der Waals surface area contributed by atoms with E-state index >= 15 is 0 Å². The highest BCUT2D eigenvalue weighted by Gasteiger charge is 2.34. The quantitative estimate of drug-likeness (QED) is 0.828. The van der Waals surface area contributed by atoms with E-state index in [9.17, 15) is 13.2 Å². The summed E-state index contributed by atoms with van der Waals surface area (Å²) < 4.78 is 26.5. The molecule has 1 aliphatic heterocycles. The molecule has 1 aromatic heterocycles. The number of hydrogen-bond acceptors (Lipinski definition) is 5. The summed E-state index contributed by atoms with van der Waals surface area (Å²) in [5, 5.41) is 2.75. The first-order chi connectivity index (χ1) is 10.9. The minimum absolute atomic E-state index is 0.101. The van der Waals surface area contributed by atoms with Crippen LogP contribution in [-0.4, -0.2) is 43.2 Å². The van der Waals surface area contributed by atoms with Crippen molar-refractivity contribution in [1.29, 1.82) is 0 Å². The molecular formula is C14H14ClN3O3S2. The molecule has 2 heterocycles. The van der Waals surface area contributed by atoms with E-state index in [-0.39, 0.29) is 30.4 Å². The largest absolute Gasteiger partial charge is 0.286 e. The topological polar surface area (TPSA) is 70.6 Å². The number of aryl methyl sites for hydroxylation is 1. The lowest BCUT2D eigenvalue weighted by Crippen LogP contribution is -2.52. The first-order valence-electron chi connectivity index (χ1n) is 6.86. The van der Waals surface area contributed by atoms with Crippen LogP contribution in [0.5, 0.6) is 0 Å². The number of carbonyl (C=O) groups excluding carboxylic acids is 1. The second-order valence-corrected chi connectivity index (χ2v) is 8.33. The van der Waals surface area contributed by atoms with Crippen molar-refractivity contribution < 1.29 is 13.2 Å². The third-order valence-electron chi connectivity index (χ3n) is 3.62. The van der Waals surface area contributed by atoms with Gasteiger partial charge < -0.3 is 0 Å². The molecular weight excluding hydrogens is 358 g/mol. The Kier molecular flexibility index (Phi) is 4.41. The molecule has 0 saturated carbocycles. The van der Waals surface area contributed by atoms with Gasteiger partial charge in [-0.15, -0.1) is 11.3 Å². The summed E-state index contributed by atoms with van der Waals surface area (Å²) in [7, 11) is -3.74. The number of nitrogens with zero attached hydrogens (tertiary/aromatic N) is 3. The molecule has 0 bridgehead atoms. The van der Waals surface area contributed by atoms with Gasteiger partial charge in [-0.3, -0.25) is 9.69 Å². The summed E-state index contributed by atoms with van der Waals surface area (Å²) in [5.41, 5.74) is 0.801. The van der Waals surface area contributed by atoms with E-state index in [1.165, 1.54) is 32.7 Å². The highest BCUT2D eigenvalue weighted by Crippen LogP contribution is 2.25. The summed E-state index contributed by atoms with van der Waals surface area (Å²) in [6.07, 6.45) is 1.62. The van der Waals surface area contributed by atoms with Gasteiger partial charge in [-0.2, -0.15) is 4.31 Å². The zero-order chi connectivity index (χ0) is 16.6. The summed E-state index contributed by atoms with van der Waals surface area (Å²) in [6.45, 7) is 2.10. The number of hydrogen-bond donors (Lipinski definition) is 0. The molecule has 1 amide bonds. The smallest absolute Gasteiger partial charge is 0.244 e. The van der Waals surface area contributed by atoms with Crippen LogP contribution in [-0.2, 0) is 14.8 Å². The number of rotatable bonds is 3. The Morgan fingerprint density at radius 1 is 1.30 bits per heavy atom. The van der Waals surface area contributed by atoms with Crippen LogP contribution in [0, 0.1) is 6.92 Å². The van der Waals surface area contributed by atoms with Gasteiger partial charge in [0.1, 0.15) is 0 Å². The molecule has 6 nitrogen and oxygen atoms in total. The lowest BCUT2D eigenvalue weighted by Gasteiger charge is -2.32. The zero-order valence-corrected chi connectivity index (χ0v) is 14.7. The molecule has 1 aliphatic rings. The number of aromatic nitrogens is 1. The van der Waals surface area contributed by atoms with E-state index in [0.717, 1.165) is 5.56 Å². The number of amides is 1. The van der Waals surface area contributed by atoms with Gasteiger partial charge in [-0.1, -0.05) is 17.7 Å². The summed E-state index contributed by atoms with van der Waals surface area (Å²) in [5.74, 6) is -0.284. The predicted molar refractivity (Wildman–Crippen MR) is 89.4 cm³/mol. The standard InChI is InChI=1S/C14H14ClN3O3S2/c1-10-2-3-11(8-12(10)15)23(20,21)17-5-6-18(13(19)9-17)14-16-4-7-22-14/h2-4,7-8H,5-6,9H2,1H3. The number of anilines is 1. The van der Waals surface area contributed by atoms with Crippen molar-refractivity contribution in [3.05, 3.63) is 40.4 Å². The van der Waals surface area contributed by atoms with Crippen LogP contribution in [0.1, 0.15) is 5.56 Å². The highest BCUT2D eigenvalue weighted by atomic mass is 35.5. The fourth-order valence-electron chi connectivity index (χ4n) is 2.29. The minimum Gasteiger partial charge on any atom is -0.286 e. The normalized spacial score (nSPS) is 16.8. The van der Waals surface area contributed by atoms with Gasteiger partial charge in [0.05, 0.1) is 11.4 Å². The third kappa shape index (κ3) is 3.12. The van der Waals surface area contributed by atoms with Gasteiger partial charge >= 0.3 is 0 Å². The number of piperazine rings is 1. The van der Waals surface area contributed by atoms with Crippen molar-refractivity contribution in [2.45, 2.75) is 11.8 Å². The zero-order valence-electron chi connectivity index (χ0n) is 12.3. The van der Waals surface area contributed by atoms with E-state index in [1.54, 1.807) is 24.6 Å². The first-order valence-corrected chi connectivity index (χ1v) is 9.55. The molecule has 0 atom stereocenters. The van der Waals surface area contributed by atoms with Crippen LogP contribution in [0.4, 0.5) is 5.13 Å². The Labute approximate surface area is 143 Å². The monoisotopic (exact) mass is 371 g/mol.